The smallest absolute Gasteiger partial charge is 0.218 e. The summed E-state index contributed by atoms with van der Waals surface area (Å²) in [6, 6.07) is 3.87. The van der Waals surface area contributed by atoms with E-state index in [4.69, 9.17) is 14.2 Å². The molecular weight excluding hydrogens is 435 g/mol. The summed E-state index contributed by atoms with van der Waals surface area (Å²) in [4.78, 5) is 8.83. The molecule has 0 amide bonds. The fourth-order valence-corrected chi connectivity index (χ4v) is 1.94. The van der Waals surface area contributed by atoms with E-state index in [0.29, 0.717) is 38.9 Å². The number of aliphatic imine (C=N–C) groups is 1. The van der Waals surface area contributed by atoms with Crippen LogP contribution in [0.4, 0.5) is 0 Å². The second kappa shape index (κ2) is 16.3. The molecule has 1 rings (SSSR count). The van der Waals surface area contributed by atoms with Gasteiger partial charge in [0.1, 0.15) is 0 Å². The normalized spacial score (nSPS) is 10.9. The van der Waals surface area contributed by atoms with Crippen LogP contribution < -0.4 is 15.4 Å². The van der Waals surface area contributed by atoms with Crippen molar-refractivity contribution in [2.75, 3.05) is 46.6 Å². The highest BCUT2D eigenvalue weighted by Crippen LogP contribution is 2.15. The molecule has 0 aromatic carbocycles. The van der Waals surface area contributed by atoms with E-state index in [2.05, 4.69) is 20.6 Å². The molecule has 0 saturated heterocycles. The van der Waals surface area contributed by atoms with Gasteiger partial charge in [0.15, 0.2) is 5.96 Å². The highest BCUT2D eigenvalue weighted by Gasteiger charge is 2.04. The molecule has 0 bridgehead atoms. The van der Waals surface area contributed by atoms with Crippen molar-refractivity contribution < 1.29 is 14.2 Å². The van der Waals surface area contributed by atoms with Crippen LogP contribution in [0.1, 0.15) is 25.8 Å². The fourth-order valence-electron chi connectivity index (χ4n) is 1.94. The molecule has 1 aromatic heterocycles. The predicted octanol–water partition coefficient (Wildman–Crippen LogP) is 2.21. The largest absolute Gasteiger partial charge is 0.478 e. The lowest BCUT2D eigenvalue weighted by molar-refractivity contribution is 0.0698. The van der Waals surface area contributed by atoms with Gasteiger partial charge in [0, 0.05) is 38.6 Å². The summed E-state index contributed by atoms with van der Waals surface area (Å²) in [7, 11) is 1.67. The number of pyridine rings is 1. The zero-order valence-electron chi connectivity index (χ0n) is 15.4. The number of halogens is 1. The van der Waals surface area contributed by atoms with Crippen LogP contribution in [0.3, 0.4) is 0 Å². The van der Waals surface area contributed by atoms with Gasteiger partial charge in [-0.05, 0) is 26.3 Å². The van der Waals surface area contributed by atoms with Gasteiger partial charge in [0.05, 0.1) is 26.4 Å². The SMILES string of the molecule is CCNC(=NCc1cccnc1OCC)NCCCOCCOC.I. The van der Waals surface area contributed by atoms with Gasteiger partial charge in [-0.2, -0.15) is 0 Å². The number of nitrogens with zero attached hydrogens (tertiary/aromatic N) is 2. The minimum atomic E-state index is 0. The van der Waals surface area contributed by atoms with Crippen LogP contribution in [0.2, 0.25) is 0 Å². The number of hydrogen-bond donors (Lipinski definition) is 2. The Balaban J connectivity index is 0.00000576. The Morgan fingerprint density at radius 3 is 2.76 bits per heavy atom. The standard InChI is InChI=1S/C17H30N4O3.HI/c1-4-18-17(20-10-7-11-23-13-12-22-3)21-14-15-8-6-9-19-16(15)24-5-2;/h6,8-9H,4-5,7,10-14H2,1-3H3,(H2,18,20,21);1H. The van der Waals surface area contributed by atoms with Crippen molar-refractivity contribution in [3.05, 3.63) is 23.9 Å². The topological polar surface area (TPSA) is 77.0 Å². The van der Waals surface area contributed by atoms with E-state index in [1.54, 1.807) is 13.3 Å². The molecule has 0 aliphatic carbocycles. The highest BCUT2D eigenvalue weighted by atomic mass is 127. The van der Waals surface area contributed by atoms with Crippen LogP contribution >= 0.6 is 24.0 Å². The van der Waals surface area contributed by atoms with Gasteiger partial charge < -0.3 is 24.8 Å². The lowest BCUT2D eigenvalue weighted by atomic mass is 10.3. The van der Waals surface area contributed by atoms with E-state index in [-0.39, 0.29) is 24.0 Å². The van der Waals surface area contributed by atoms with Crippen molar-refractivity contribution in [3.8, 4) is 5.88 Å². The van der Waals surface area contributed by atoms with Crippen molar-refractivity contribution in [2.45, 2.75) is 26.8 Å². The Morgan fingerprint density at radius 2 is 2.04 bits per heavy atom. The van der Waals surface area contributed by atoms with E-state index in [0.717, 1.165) is 31.0 Å². The van der Waals surface area contributed by atoms with Crippen molar-refractivity contribution in [1.29, 1.82) is 0 Å². The molecule has 1 aromatic rings. The quantitative estimate of drug-likeness (QED) is 0.213. The van der Waals surface area contributed by atoms with Crippen LogP contribution in [0, 0.1) is 0 Å². The molecule has 144 valence electrons. The number of ether oxygens (including phenoxy) is 3. The minimum Gasteiger partial charge on any atom is -0.478 e. The first kappa shape index (κ1) is 23.9. The summed E-state index contributed by atoms with van der Waals surface area (Å²) in [5.74, 6) is 1.42. The summed E-state index contributed by atoms with van der Waals surface area (Å²) < 4.78 is 15.9. The van der Waals surface area contributed by atoms with E-state index in [1.165, 1.54) is 0 Å². The molecule has 8 heteroatoms. The molecule has 1 heterocycles. The van der Waals surface area contributed by atoms with Gasteiger partial charge in [-0.3, -0.25) is 0 Å². The summed E-state index contributed by atoms with van der Waals surface area (Å²) >= 11 is 0. The first-order valence-corrected chi connectivity index (χ1v) is 8.47. The molecule has 0 saturated carbocycles. The van der Waals surface area contributed by atoms with Gasteiger partial charge in [-0.1, -0.05) is 6.07 Å². The molecule has 0 atom stereocenters. The number of aromatic nitrogens is 1. The molecule has 0 aliphatic heterocycles. The minimum absolute atomic E-state index is 0. The number of nitrogens with one attached hydrogen (secondary N) is 2. The van der Waals surface area contributed by atoms with Gasteiger partial charge >= 0.3 is 0 Å². The zero-order chi connectivity index (χ0) is 17.5. The monoisotopic (exact) mass is 466 g/mol. The van der Waals surface area contributed by atoms with Crippen LogP contribution in [-0.4, -0.2) is 57.6 Å². The summed E-state index contributed by atoms with van der Waals surface area (Å²) in [5, 5.41) is 6.53. The van der Waals surface area contributed by atoms with Crippen LogP contribution in [-0.2, 0) is 16.0 Å². The number of guanidine groups is 1. The maximum atomic E-state index is 5.53. The van der Waals surface area contributed by atoms with Crippen molar-refractivity contribution in [3.63, 3.8) is 0 Å². The Labute approximate surface area is 168 Å². The maximum Gasteiger partial charge on any atom is 0.218 e. The molecule has 7 nitrogen and oxygen atoms in total. The van der Waals surface area contributed by atoms with Crippen LogP contribution in [0.25, 0.3) is 0 Å². The second-order valence-corrected chi connectivity index (χ2v) is 4.98. The van der Waals surface area contributed by atoms with Gasteiger partial charge in [-0.15, -0.1) is 24.0 Å². The maximum absolute atomic E-state index is 5.53. The highest BCUT2D eigenvalue weighted by molar-refractivity contribution is 14.0. The third kappa shape index (κ3) is 11.2. The average Bonchev–Trinajstić information content (AvgIpc) is 2.60. The van der Waals surface area contributed by atoms with E-state index in [1.807, 2.05) is 26.0 Å². The van der Waals surface area contributed by atoms with Gasteiger partial charge in [-0.25, -0.2) is 9.98 Å². The molecule has 0 unspecified atom stereocenters. The lowest BCUT2D eigenvalue weighted by Gasteiger charge is -2.12. The molecule has 0 fully saturated rings. The number of hydrogen-bond acceptors (Lipinski definition) is 5. The van der Waals surface area contributed by atoms with Gasteiger partial charge in [0.2, 0.25) is 5.88 Å². The first-order chi connectivity index (χ1) is 11.8. The lowest BCUT2D eigenvalue weighted by Crippen LogP contribution is -2.38. The third-order valence-corrected chi connectivity index (χ3v) is 3.07. The second-order valence-electron chi connectivity index (χ2n) is 4.98. The Morgan fingerprint density at radius 1 is 1.20 bits per heavy atom. The van der Waals surface area contributed by atoms with Crippen molar-refractivity contribution >= 4 is 29.9 Å². The van der Waals surface area contributed by atoms with Gasteiger partial charge in [0.25, 0.3) is 0 Å². The summed E-state index contributed by atoms with van der Waals surface area (Å²) in [5.41, 5.74) is 0.972. The Hall–Kier alpha value is -1.13. The van der Waals surface area contributed by atoms with E-state index in [9.17, 15) is 0 Å². The van der Waals surface area contributed by atoms with E-state index < -0.39 is 0 Å². The third-order valence-electron chi connectivity index (χ3n) is 3.07. The summed E-state index contributed by atoms with van der Waals surface area (Å²) in [6.07, 6.45) is 2.64. The fraction of sp³-hybridized carbons (Fsp3) is 0.647. The molecular formula is C17H31IN4O3. The molecule has 0 aliphatic rings. The number of methoxy groups -OCH3 is 1. The summed E-state index contributed by atoms with van der Waals surface area (Å²) in [6.45, 7) is 8.66. The number of rotatable bonds is 12. The predicted molar refractivity (Wildman–Crippen MR) is 111 cm³/mol. The average molecular weight is 466 g/mol. The molecule has 25 heavy (non-hydrogen) atoms. The van der Waals surface area contributed by atoms with Crippen LogP contribution in [0.5, 0.6) is 5.88 Å². The molecule has 0 radical (unpaired) electrons. The van der Waals surface area contributed by atoms with E-state index >= 15 is 0 Å². The first-order valence-electron chi connectivity index (χ1n) is 8.47. The molecule has 0 spiro atoms. The van der Waals surface area contributed by atoms with Crippen molar-refractivity contribution in [2.24, 2.45) is 4.99 Å². The zero-order valence-corrected chi connectivity index (χ0v) is 17.7. The Kier molecular flexibility index (Phi) is 15.6. The molecule has 2 N–H and O–H groups in total. The van der Waals surface area contributed by atoms with Crippen molar-refractivity contribution in [1.82, 2.24) is 15.6 Å². The van der Waals surface area contributed by atoms with Crippen LogP contribution in [0.15, 0.2) is 23.3 Å². The Bertz CT molecular complexity index is 475.